The molecule has 6 heteroatoms. The first-order chi connectivity index (χ1) is 9.54. The van der Waals surface area contributed by atoms with Gasteiger partial charge in [-0.3, -0.25) is 4.79 Å². The van der Waals surface area contributed by atoms with Crippen LogP contribution in [0, 0.1) is 0 Å². The Labute approximate surface area is 122 Å². The summed E-state index contributed by atoms with van der Waals surface area (Å²) in [5.74, 6) is -0.311. The molecule has 0 aliphatic carbocycles. The van der Waals surface area contributed by atoms with Crippen molar-refractivity contribution in [3.05, 3.63) is 53.1 Å². The van der Waals surface area contributed by atoms with Gasteiger partial charge in [0, 0.05) is 12.2 Å². The van der Waals surface area contributed by atoms with Crippen LogP contribution in [0.5, 0.6) is 0 Å². The smallest absolute Gasteiger partial charge is 0.275 e. The van der Waals surface area contributed by atoms with Crippen LogP contribution in [0.15, 0.2) is 36.7 Å². The molecule has 1 aromatic carbocycles. The third kappa shape index (κ3) is 4.01. The van der Waals surface area contributed by atoms with Crippen LogP contribution in [0.1, 0.15) is 16.1 Å². The molecule has 0 aliphatic heterocycles. The van der Waals surface area contributed by atoms with Crippen LogP contribution in [0.3, 0.4) is 0 Å². The number of hydrogen-bond donors (Lipinski definition) is 1. The van der Waals surface area contributed by atoms with Crippen LogP contribution in [0.2, 0.25) is 5.15 Å². The zero-order chi connectivity index (χ0) is 14.5. The quantitative estimate of drug-likeness (QED) is 0.940. The molecule has 0 fully saturated rings. The highest BCUT2D eigenvalue weighted by molar-refractivity contribution is 6.29. The minimum Gasteiger partial charge on any atom is -0.321 e. The van der Waals surface area contributed by atoms with Crippen LogP contribution in [0.25, 0.3) is 0 Å². The first-order valence-corrected chi connectivity index (χ1v) is 6.45. The number of benzene rings is 1. The lowest BCUT2D eigenvalue weighted by molar-refractivity contribution is 0.102. The maximum atomic E-state index is 11.9. The van der Waals surface area contributed by atoms with Gasteiger partial charge in [0.2, 0.25) is 0 Å². The second-order valence-electron chi connectivity index (χ2n) is 4.61. The number of carbonyl (C=O) groups is 1. The highest BCUT2D eigenvalue weighted by atomic mass is 35.5. The van der Waals surface area contributed by atoms with Crippen molar-refractivity contribution in [1.82, 2.24) is 14.9 Å². The Balaban J connectivity index is 2.02. The van der Waals surface area contributed by atoms with Gasteiger partial charge in [-0.15, -0.1) is 0 Å². The van der Waals surface area contributed by atoms with Crippen LogP contribution in [-0.4, -0.2) is 34.9 Å². The van der Waals surface area contributed by atoms with Crippen molar-refractivity contribution in [1.29, 1.82) is 0 Å². The Bertz CT molecular complexity index is 581. The molecule has 1 aromatic heterocycles. The number of aromatic nitrogens is 2. The third-order valence-electron chi connectivity index (χ3n) is 2.56. The first-order valence-electron chi connectivity index (χ1n) is 6.07. The van der Waals surface area contributed by atoms with Gasteiger partial charge in [0.1, 0.15) is 10.8 Å². The second-order valence-corrected chi connectivity index (χ2v) is 5.00. The van der Waals surface area contributed by atoms with E-state index in [2.05, 4.69) is 20.2 Å². The Kier molecular flexibility index (Phi) is 4.65. The number of nitrogens with zero attached hydrogens (tertiary/aromatic N) is 3. The number of nitrogens with one attached hydrogen (secondary N) is 1. The van der Waals surface area contributed by atoms with Crippen molar-refractivity contribution in [2.45, 2.75) is 6.54 Å². The third-order valence-corrected chi connectivity index (χ3v) is 2.76. The van der Waals surface area contributed by atoms with E-state index in [1.165, 1.54) is 18.0 Å². The predicted molar refractivity (Wildman–Crippen MR) is 78.8 cm³/mol. The van der Waals surface area contributed by atoms with Crippen molar-refractivity contribution < 1.29 is 4.79 Å². The van der Waals surface area contributed by atoms with E-state index in [0.717, 1.165) is 6.54 Å². The fraction of sp³-hybridized carbons (Fsp3) is 0.214. The van der Waals surface area contributed by atoms with E-state index >= 15 is 0 Å². The van der Waals surface area contributed by atoms with Gasteiger partial charge in [-0.1, -0.05) is 23.7 Å². The number of anilines is 1. The number of carbonyl (C=O) groups excluding carboxylic acids is 1. The summed E-state index contributed by atoms with van der Waals surface area (Å²) in [5, 5.41) is 3.02. The van der Waals surface area contributed by atoms with E-state index in [0.29, 0.717) is 5.69 Å². The Morgan fingerprint density at radius 3 is 2.45 bits per heavy atom. The molecule has 2 aromatic rings. The predicted octanol–water partition coefficient (Wildman–Crippen LogP) is 2.44. The molecule has 2 rings (SSSR count). The molecule has 0 saturated heterocycles. The van der Waals surface area contributed by atoms with E-state index in [9.17, 15) is 4.79 Å². The summed E-state index contributed by atoms with van der Waals surface area (Å²) >= 11 is 5.63. The van der Waals surface area contributed by atoms with Gasteiger partial charge in [-0.2, -0.15) is 0 Å². The zero-order valence-corrected chi connectivity index (χ0v) is 12.1. The monoisotopic (exact) mass is 290 g/mol. The van der Waals surface area contributed by atoms with Gasteiger partial charge < -0.3 is 10.2 Å². The summed E-state index contributed by atoms with van der Waals surface area (Å²) in [5.41, 5.74) is 2.13. The van der Waals surface area contributed by atoms with Gasteiger partial charge >= 0.3 is 0 Å². The molecular weight excluding hydrogens is 276 g/mol. The lowest BCUT2D eigenvalue weighted by atomic mass is 10.2. The molecule has 0 aliphatic rings. The molecule has 0 atom stereocenters. The van der Waals surface area contributed by atoms with Crippen LogP contribution in [-0.2, 0) is 6.54 Å². The Morgan fingerprint density at radius 2 is 1.90 bits per heavy atom. The molecule has 0 radical (unpaired) electrons. The standard InChI is InChI=1S/C14H15ClN4O/c1-19(2)9-10-3-5-11(6-4-10)18-14(20)12-7-17-13(15)8-16-12/h3-8H,9H2,1-2H3,(H,18,20). The van der Waals surface area contributed by atoms with Crippen molar-refractivity contribution in [3.8, 4) is 0 Å². The molecule has 0 saturated carbocycles. The van der Waals surface area contributed by atoms with Crippen LogP contribution in [0.4, 0.5) is 5.69 Å². The molecule has 0 spiro atoms. The topological polar surface area (TPSA) is 58.1 Å². The van der Waals surface area contributed by atoms with E-state index < -0.39 is 0 Å². The van der Waals surface area contributed by atoms with Crippen LogP contribution < -0.4 is 5.32 Å². The first kappa shape index (κ1) is 14.4. The fourth-order valence-corrected chi connectivity index (χ4v) is 1.78. The number of hydrogen-bond acceptors (Lipinski definition) is 4. The van der Waals surface area contributed by atoms with Crippen molar-refractivity contribution in [3.63, 3.8) is 0 Å². The van der Waals surface area contributed by atoms with E-state index in [1.807, 2.05) is 38.4 Å². The number of halogens is 1. The summed E-state index contributed by atoms with van der Waals surface area (Å²) in [6, 6.07) is 7.67. The lowest BCUT2D eigenvalue weighted by Gasteiger charge is -2.10. The second kappa shape index (κ2) is 6.45. The number of rotatable bonds is 4. The van der Waals surface area contributed by atoms with Crippen molar-refractivity contribution in [2.75, 3.05) is 19.4 Å². The van der Waals surface area contributed by atoms with Gasteiger partial charge in [0.25, 0.3) is 5.91 Å². The normalized spacial score (nSPS) is 10.6. The molecule has 1 heterocycles. The van der Waals surface area contributed by atoms with Gasteiger partial charge in [0.05, 0.1) is 12.4 Å². The molecular formula is C14H15ClN4O. The van der Waals surface area contributed by atoms with Crippen molar-refractivity contribution >= 4 is 23.2 Å². The lowest BCUT2D eigenvalue weighted by Crippen LogP contribution is -2.14. The largest absolute Gasteiger partial charge is 0.321 e. The summed E-state index contributed by atoms with van der Waals surface area (Å²) < 4.78 is 0. The highest BCUT2D eigenvalue weighted by Gasteiger charge is 2.08. The molecule has 5 nitrogen and oxygen atoms in total. The zero-order valence-electron chi connectivity index (χ0n) is 11.3. The number of amides is 1. The summed E-state index contributed by atoms with van der Waals surface area (Å²) in [7, 11) is 4.02. The van der Waals surface area contributed by atoms with Crippen LogP contribution >= 0.6 is 11.6 Å². The molecule has 104 valence electrons. The highest BCUT2D eigenvalue weighted by Crippen LogP contribution is 2.12. The summed E-state index contributed by atoms with van der Waals surface area (Å²) in [4.78, 5) is 21.7. The maximum Gasteiger partial charge on any atom is 0.275 e. The molecule has 20 heavy (non-hydrogen) atoms. The van der Waals surface area contributed by atoms with Gasteiger partial charge in [0.15, 0.2) is 0 Å². The minimum absolute atomic E-state index is 0.228. The van der Waals surface area contributed by atoms with E-state index in [-0.39, 0.29) is 16.8 Å². The summed E-state index contributed by atoms with van der Waals surface area (Å²) in [6.45, 7) is 0.858. The Morgan fingerprint density at radius 1 is 1.20 bits per heavy atom. The molecule has 1 amide bonds. The van der Waals surface area contributed by atoms with Crippen molar-refractivity contribution in [2.24, 2.45) is 0 Å². The van der Waals surface area contributed by atoms with Gasteiger partial charge in [-0.05, 0) is 31.8 Å². The Hall–Kier alpha value is -1.98. The fourth-order valence-electron chi connectivity index (χ4n) is 1.68. The van der Waals surface area contributed by atoms with E-state index in [1.54, 1.807) is 0 Å². The van der Waals surface area contributed by atoms with Gasteiger partial charge in [-0.25, -0.2) is 9.97 Å². The average molecular weight is 291 g/mol. The maximum absolute atomic E-state index is 11.9. The minimum atomic E-state index is -0.311. The molecule has 0 unspecified atom stereocenters. The molecule has 1 N–H and O–H groups in total. The summed E-state index contributed by atoms with van der Waals surface area (Å²) in [6.07, 6.45) is 2.69. The average Bonchev–Trinajstić information content (AvgIpc) is 2.41. The SMILES string of the molecule is CN(C)Cc1ccc(NC(=O)c2cnc(Cl)cn2)cc1. The van der Waals surface area contributed by atoms with E-state index in [4.69, 9.17) is 11.6 Å². The molecule has 0 bridgehead atoms.